The standard InChI is InChI=1S/C26H20N2O7/c1-33-21-9-7-17(8-10-21)26(32)35-23-13-16(6-11-22(23)34-2)12-19(15-27)24(29)28-20-5-3-4-18(14-20)25(30)31/h3-14H,1-2H3,(H,28,29)(H,30,31). The molecule has 0 saturated carbocycles. The fourth-order valence-electron chi connectivity index (χ4n) is 2.99. The Morgan fingerprint density at radius 3 is 2.29 bits per heavy atom. The van der Waals surface area contributed by atoms with Crippen LogP contribution in [0.3, 0.4) is 0 Å². The summed E-state index contributed by atoms with van der Waals surface area (Å²) in [5, 5.41) is 21.1. The summed E-state index contributed by atoms with van der Waals surface area (Å²) >= 11 is 0. The number of carboxylic acid groups (broad SMARTS) is 1. The van der Waals surface area contributed by atoms with Gasteiger partial charge in [-0.05, 0) is 66.2 Å². The quantitative estimate of drug-likeness (QED) is 0.216. The Hall–Kier alpha value is -5.10. The van der Waals surface area contributed by atoms with Gasteiger partial charge < -0.3 is 24.6 Å². The lowest BCUT2D eigenvalue weighted by Crippen LogP contribution is -2.14. The second-order valence-corrected chi connectivity index (χ2v) is 7.04. The molecule has 1 amide bonds. The molecule has 176 valence electrons. The SMILES string of the molecule is COc1ccc(C(=O)Oc2cc(C=C(C#N)C(=O)Nc3cccc(C(=O)O)c3)ccc2OC)cc1. The van der Waals surface area contributed by atoms with Gasteiger partial charge in [-0.1, -0.05) is 12.1 Å². The second kappa shape index (κ2) is 11.2. The van der Waals surface area contributed by atoms with E-state index in [2.05, 4.69) is 5.32 Å². The summed E-state index contributed by atoms with van der Waals surface area (Å²) in [6.45, 7) is 0. The van der Waals surface area contributed by atoms with Gasteiger partial charge in [0.05, 0.1) is 25.3 Å². The van der Waals surface area contributed by atoms with Crippen molar-refractivity contribution in [1.29, 1.82) is 5.26 Å². The molecule has 0 fully saturated rings. The normalized spacial score (nSPS) is 10.6. The van der Waals surface area contributed by atoms with Crippen molar-refractivity contribution in [2.24, 2.45) is 0 Å². The molecule has 3 aromatic rings. The highest BCUT2D eigenvalue weighted by atomic mass is 16.6. The number of amides is 1. The minimum atomic E-state index is -1.15. The number of carbonyl (C=O) groups is 3. The number of aromatic carboxylic acids is 1. The van der Waals surface area contributed by atoms with Crippen LogP contribution in [0.25, 0.3) is 6.08 Å². The molecule has 0 aliphatic rings. The number of rotatable bonds is 8. The van der Waals surface area contributed by atoms with Crippen LogP contribution in [0.15, 0.2) is 72.3 Å². The van der Waals surface area contributed by atoms with Gasteiger partial charge in [0.25, 0.3) is 5.91 Å². The van der Waals surface area contributed by atoms with Gasteiger partial charge in [-0.3, -0.25) is 4.79 Å². The number of anilines is 1. The van der Waals surface area contributed by atoms with E-state index in [0.717, 1.165) is 0 Å². The number of carbonyl (C=O) groups excluding carboxylic acids is 2. The van der Waals surface area contributed by atoms with Crippen molar-refractivity contribution < 1.29 is 33.7 Å². The lowest BCUT2D eigenvalue weighted by Gasteiger charge is -2.11. The van der Waals surface area contributed by atoms with Crippen LogP contribution >= 0.6 is 0 Å². The van der Waals surface area contributed by atoms with Gasteiger partial charge in [0.1, 0.15) is 17.4 Å². The topological polar surface area (TPSA) is 135 Å². The Labute approximate surface area is 200 Å². The molecule has 0 aliphatic heterocycles. The van der Waals surface area contributed by atoms with E-state index in [1.165, 1.54) is 56.7 Å². The number of carboxylic acids is 1. The third-order valence-electron chi connectivity index (χ3n) is 4.76. The summed E-state index contributed by atoms with van der Waals surface area (Å²) < 4.78 is 15.8. The molecule has 9 nitrogen and oxygen atoms in total. The largest absolute Gasteiger partial charge is 0.497 e. The highest BCUT2D eigenvalue weighted by Gasteiger charge is 2.15. The van der Waals surface area contributed by atoms with Crippen LogP contribution in [0.2, 0.25) is 0 Å². The molecule has 0 aliphatic carbocycles. The summed E-state index contributed by atoms with van der Waals surface area (Å²) in [6, 6.07) is 18.4. The zero-order chi connectivity index (χ0) is 25.4. The highest BCUT2D eigenvalue weighted by molar-refractivity contribution is 6.10. The van der Waals surface area contributed by atoms with Gasteiger partial charge in [0.15, 0.2) is 11.5 Å². The molecule has 0 radical (unpaired) electrons. The van der Waals surface area contributed by atoms with E-state index in [1.807, 2.05) is 6.07 Å². The zero-order valence-electron chi connectivity index (χ0n) is 18.8. The molecule has 0 spiro atoms. The number of hydrogen-bond donors (Lipinski definition) is 2. The third kappa shape index (κ3) is 6.24. The Kier molecular flexibility index (Phi) is 7.82. The van der Waals surface area contributed by atoms with E-state index in [9.17, 15) is 19.6 Å². The number of hydrogen-bond acceptors (Lipinski definition) is 7. The van der Waals surface area contributed by atoms with Crippen molar-refractivity contribution in [3.05, 3.63) is 89.0 Å². The Morgan fingerprint density at radius 1 is 0.914 bits per heavy atom. The molecule has 35 heavy (non-hydrogen) atoms. The predicted octanol–water partition coefficient (Wildman–Crippen LogP) is 4.17. The number of nitrogens with one attached hydrogen (secondary N) is 1. The minimum absolute atomic E-state index is 0.0104. The van der Waals surface area contributed by atoms with Gasteiger partial charge in [0.2, 0.25) is 0 Å². The van der Waals surface area contributed by atoms with Crippen LogP contribution in [-0.4, -0.2) is 37.2 Å². The molecule has 0 heterocycles. The van der Waals surface area contributed by atoms with Crippen molar-refractivity contribution in [3.8, 4) is 23.3 Å². The summed E-state index contributed by atoms with van der Waals surface area (Å²) in [5.41, 5.74) is 0.649. The molecule has 0 aromatic heterocycles. The first-order valence-corrected chi connectivity index (χ1v) is 10.2. The highest BCUT2D eigenvalue weighted by Crippen LogP contribution is 2.30. The molecule has 0 unspecified atom stereocenters. The Balaban J connectivity index is 1.83. The van der Waals surface area contributed by atoms with Crippen molar-refractivity contribution >= 4 is 29.6 Å². The van der Waals surface area contributed by atoms with Crippen LogP contribution in [-0.2, 0) is 4.79 Å². The number of benzene rings is 3. The number of esters is 1. The fraction of sp³-hybridized carbons (Fsp3) is 0.0769. The van der Waals surface area contributed by atoms with Crippen molar-refractivity contribution in [3.63, 3.8) is 0 Å². The van der Waals surface area contributed by atoms with Crippen LogP contribution in [0.4, 0.5) is 5.69 Å². The third-order valence-corrected chi connectivity index (χ3v) is 4.76. The van der Waals surface area contributed by atoms with Crippen LogP contribution < -0.4 is 19.5 Å². The smallest absolute Gasteiger partial charge is 0.343 e. The fourth-order valence-corrected chi connectivity index (χ4v) is 2.99. The summed E-state index contributed by atoms with van der Waals surface area (Å²) in [6.07, 6.45) is 1.31. The molecular formula is C26H20N2O7. The average molecular weight is 472 g/mol. The Morgan fingerprint density at radius 2 is 1.66 bits per heavy atom. The van der Waals surface area contributed by atoms with Crippen LogP contribution in [0, 0.1) is 11.3 Å². The van der Waals surface area contributed by atoms with Crippen molar-refractivity contribution in [1.82, 2.24) is 0 Å². The monoisotopic (exact) mass is 472 g/mol. The first-order valence-electron chi connectivity index (χ1n) is 10.2. The maximum Gasteiger partial charge on any atom is 0.343 e. The number of nitrogens with zero attached hydrogens (tertiary/aromatic N) is 1. The number of nitriles is 1. The van der Waals surface area contributed by atoms with Gasteiger partial charge in [-0.2, -0.15) is 5.26 Å². The zero-order valence-corrected chi connectivity index (χ0v) is 18.8. The Bertz CT molecular complexity index is 1340. The van der Waals surface area contributed by atoms with Gasteiger partial charge in [0, 0.05) is 5.69 Å². The van der Waals surface area contributed by atoms with Crippen LogP contribution in [0.1, 0.15) is 26.3 Å². The molecular weight excluding hydrogens is 452 g/mol. The minimum Gasteiger partial charge on any atom is -0.497 e. The van der Waals surface area contributed by atoms with E-state index in [4.69, 9.17) is 19.3 Å². The molecule has 0 atom stereocenters. The summed E-state index contributed by atoms with van der Waals surface area (Å²) in [4.78, 5) is 36.3. The maximum atomic E-state index is 12.6. The van der Waals surface area contributed by atoms with E-state index in [1.54, 1.807) is 30.3 Å². The van der Waals surface area contributed by atoms with Crippen LogP contribution in [0.5, 0.6) is 17.2 Å². The second-order valence-electron chi connectivity index (χ2n) is 7.04. The van der Waals surface area contributed by atoms with Crippen molar-refractivity contribution in [2.45, 2.75) is 0 Å². The van der Waals surface area contributed by atoms with E-state index in [0.29, 0.717) is 11.3 Å². The number of ether oxygens (including phenoxy) is 3. The maximum absolute atomic E-state index is 12.6. The van der Waals surface area contributed by atoms with Gasteiger partial charge in [-0.15, -0.1) is 0 Å². The molecule has 2 N–H and O–H groups in total. The van der Waals surface area contributed by atoms with Crippen molar-refractivity contribution in [2.75, 3.05) is 19.5 Å². The van der Waals surface area contributed by atoms with E-state index in [-0.39, 0.29) is 33.9 Å². The lowest BCUT2D eigenvalue weighted by molar-refractivity contribution is -0.112. The lowest BCUT2D eigenvalue weighted by atomic mass is 10.1. The molecule has 3 rings (SSSR count). The van der Waals surface area contributed by atoms with E-state index < -0.39 is 17.8 Å². The molecule has 3 aromatic carbocycles. The average Bonchev–Trinajstić information content (AvgIpc) is 2.87. The van der Waals surface area contributed by atoms with Gasteiger partial charge >= 0.3 is 11.9 Å². The number of methoxy groups -OCH3 is 2. The van der Waals surface area contributed by atoms with E-state index >= 15 is 0 Å². The molecule has 0 saturated heterocycles. The predicted molar refractivity (Wildman–Crippen MR) is 127 cm³/mol. The van der Waals surface area contributed by atoms with Gasteiger partial charge in [-0.25, -0.2) is 9.59 Å². The molecule has 9 heteroatoms. The summed E-state index contributed by atoms with van der Waals surface area (Å²) in [7, 11) is 2.93. The summed E-state index contributed by atoms with van der Waals surface area (Å²) in [5.74, 6) is -1.56. The first-order chi connectivity index (χ1) is 16.8. The first kappa shape index (κ1) is 24.5. The molecule has 0 bridgehead atoms.